The van der Waals surface area contributed by atoms with Crippen molar-refractivity contribution in [2.45, 2.75) is 19.4 Å². The number of fused-ring (bicyclic) bond motifs is 1. The molecule has 1 aromatic carbocycles. The summed E-state index contributed by atoms with van der Waals surface area (Å²) in [5.41, 5.74) is 5.33. The van der Waals surface area contributed by atoms with E-state index >= 15 is 0 Å². The minimum absolute atomic E-state index is 0.00103. The van der Waals surface area contributed by atoms with E-state index in [1.165, 1.54) is 16.7 Å². The molecule has 0 N–H and O–H groups in total. The fourth-order valence-electron chi connectivity index (χ4n) is 3.58. The lowest BCUT2D eigenvalue weighted by atomic mass is 10.00. The molecule has 1 aliphatic rings. The summed E-state index contributed by atoms with van der Waals surface area (Å²) in [4.78, 5) is 25.5. The van der Waals surface area contributed by atoms with Crippen LogP contribution in [0.25, 0.3) is 0 Å². The Morgan fingerprint density at radius 1 is 1.07 bits per heavy atom. The highest BCUT2D eigenvalue weighted by Crippen LogP contribution is 2.21. The topological polar surface area (TPSA) is 49.3 Å². The van der Waals surface area contributed by atoms with Crippen LogP contribution in [0.3, 0.4) is 0 Å². The van der Waals surface area contributed by atoms with Gasteiger partial charge in [0.2, 0.25) is 0 Å². The molecule has 28 heavy (non-hydrogen) atoms. The highest BCUT2D eigenvalue weighted by atomic mass is 16.2. The molecule has 0 atom stereocenters. The van der Waals surface area contributed by atoms with Gasteiger partial charge < -0.3 is 9.80 Å². The van der Waals surface area contributed by atoms with Crippen LogP contribution in [0, 0.1) is 0 Å². The molecule has 5 nitrogen and oxygen atoms in total. The van der Waals surface area contributed by atoms with E-state index in [0.29, 0.717) is 12.2 Å². The van der Waals surface area contributed by atoms with E-state index in [0.717, 1.165) is 31.6 Å². The fraction of sp³-hybridized carbons (Fsp3) is 0.261. The Labute approximate surface area is 165 Å². The first-order chi connectivity index (χ1) is 13.7. The van der Waals surface area contributed by atoms with Gasteiger partial charge in [0.05, 0.1) is 0 Å². The molecule has 3 aromatic rings. The standard InChI is InChI=1S/C23H24N4O/c1-26(14-9-18-6-11-24-12-7-18)21-8-13-25-22(16-21)23(28)27-15-10-19-4-2-3-5-20(19)17-27/h2-8,11-13,16H,9-10,14-15,17H2,1H3. The molecular formula is C23H24N4O. The molecular weight excluding hydrogens is 348 g/mol. The van der Waals surface area contributed by atoms with Gasteiger partial charge in [-0.05, 0) is 53.8 Å². The van der Waals surface area contributed by atoms with E-state index in [1.54, 1.807) is 6.20 Å². The Hall–Kier alpha value is -3.21. The Bertz CT molecular complexity index is 958. The Morgan fingerprint density at radius 3 is 2.68 bits per heavy atom. The van der Waals surface area contributed by atoms with Crippen molar-refractivity contribution in [2.24, 2.45) is 0 Å². The van der Waals surface area contributed by atoms with Gasteiger partial charge >= 0.3 is 0 Å². The average Bonchev–Trinajstić information content (AvgIpc) is 2.77. The van der Waals surface area contributed by atoms with Crippen molar-refractivity contribution < 1.29 is 4.79 Å². The number of carbonyl (C=O) groups is 1. The third-order valence-corrected chi connectivity index (χ3v) is 5.31. The number of rotatable bonds is 5. The number of carbonyl (C=O) groups excluding carboxylic acids is 1. The van der Waals surface area contributed by atoms with Gasteiger partial charge in [-0.1, -0.05) is 24.3 Å². The van der Waals surface area contributed by atoms with Crippen LogP contribution < -0.4 is 4.90 Å². The van der Waals surface area contributed by atoms with E-state index in [1.807, 2.05) is 54.7 Å². The van der Waals surface area contributed by atoms with Crippen LogP contribution in [0.4, 0.5) is 5.69 Å². The normalized spacial score (nSPS) is 13.1. The molecule has 1 aliphatic heterocycles. The van der Waals surface area contributed by atoms with Crippen LogP contribution in [-0.4, -0.2) is 40.9 Å². The van der Waals surface area contributed by atoms with Crippen molar-refractivity contribution >= 4 is 11.6 Å². The molecule has 3 heterocycles. The first kappa shape index (κ1) is 18.2. The molecule has 0 bridgehead atoms. The summed E-state index contributed by atoms with van der Waals surface area (Å²) in [6.45, 7) is 2.25. The van der Waals surface area contributed by atoms with Crippen LogP contribution in [-0.2, 0) is 19.4 Å². The predicted molar refractivity (Wildman–Crippen MR) is 110 cm³/mol. The second-order valence-corrected chi connectivity index (χ2v) is 7.17. The zero-order valence-corrected chi connectivity index (χ0v) is 16.1. The summed E-state index contributed by atoms with van der Waals surface area (Å²) >= 11 is 0. The molecule has 0 aliphatic carbocycles. The number of nitrogens with zero attached hydrogens (tertiary/aromatic N) is 4. The Balaban J connectivity index is 1.44. The first-order valence-corrected chi connectivity index (χ1v) is 9.63. The second-order valence-electron chi connectivity index (χ2n) is 7.17. The van der Waals surface area contributed by atoms with Crippen molar-refractivity contribution in [2.75, 3.05) is 25.0 Å². The number of anilines is 1. The maximum Gasteiger partial charge on any atom is 0.272 e. The summed E-state index contributed by atoms with van der Waals surface area (Å²) in [6, 6.07) is 16.3. The molecule has 0 fully saturated rings. The number of amides is 1. The third kappa shape index (κ3) is 4.03. The van der Waals surface area contributed by atoms with Crippen LogP contribution in [0.5, 0.6) is 0 Å². The van der Waals surface area contributed by atoms with Crippen molar-refractivity contribution in [3.63, 3.8) is 0 Å². The van der Waals surface area contributed by atoms with Gasteiger partial charge in [0, 0.05) is 51.0 Å². The maximum absolute atomic E-state index is 13.0. The van der Waals surface area contributed by atoms with E-state index < -0.39 is 0 Å². The number of pyridine rings is 2. The Kier molecular flexibility index (Phi) is 5.33. The van der Waals surface area contributed by atoms with Crippen molar-refractivity contribution in [3.05, 3.63) is 89.5 Å². The molecule has 0 saturated heterocycles. The van der Waals surface area contributed by atoms with E-state index in [-0.39, 0.29) is 5.91 Å². The molecule has 142 valence electrons. The zero-order chi connectivity index (χ0) is 19.3. The lowest BCUT2D eigenvalue weighted by molar-refractivity contribution is 0.0729. The third-order valence-electron chi connectivity index (χ3n) is 5.31. The molecule has 0 radical (unpaired) electrons. The summed E-state index contributed by atoms with van der Waals surface area (Å²) in [6.07, 6.45) is 7.18. The molecule has 4 rings (SSSR count). The average molecular weight is 372 g/mol. The minimum Gasteiger partial charge on any atom is -0.374 e. The lowest BCUT2D eigenvalue weighted by Gasteiger charge is -2.29. The largest absolute Gasteiger partial charge is 0.374 e. The molecule has 1 amide bonds. The monoisotopic (exact) mass is 372 g/mol. The van der Waals surface area contributed by atoms with Gasteiger partial charge in [-0.15, -0.1) is 0 Å². The van der Waals surface area contributed by atoms with Gasteiger partial charge in [-0.25, -0.2) is 0 Å². The highest BCUT2D eigenvalue weighted by molar-refractivity contribution is 5.93. The smallest absolute Gasteiger partial charge is 0.272 e. The highest BCUT2D eigenvalue weighted by Gasteiger charge is 2.22. The molecule has 0 spiro atoms. The minimum atomic E-state index is -0.00103. The summed E-state index contributed by atoms with van der Waals surface area (Å²) < 4.78 is 0. The number of hydrogen-bond donors (Lipinski definition) is 0. The molecule has 2 aromatic heterocycles. The fourth-order valence-corrected chi connectivity index (χ4v) is 3.58. The van der Waals surface area contributed by atoms with Crippen LogP contribution >= 0.6 is 0 Å². The van der Waals surface area contributed by atoms with E-state index in [4.69, 9.17) is 0 Å². The predicted octanol–water partition coefficient (Wildman–Crippen LogP) is 3.35. The van der Waals surface area contributed by atoms with Gasteiger partial charge in [0.15, 0.2) is 0 Å². The SMILES string of the molecule is CN(CCc1ccncc1)c1ccnc(C(=O)N2CCc3ccccc3C2)c1. The van der Waals surface area contributed by atoms with Crippen LogP contribution in [0.1, 0.15) is 27.2 Å². The summed E-state index contributed by atoms with van der Waals surface area (Å²) in [5.74, 6) is -0.00103. The number of benzene rings is 1. The number of aromatic nitrogens is 2. The van der Waals surface area contributed by atoms with Crippen molar-refractivity contribution in [1.82, 2.24) is 14.9 Å². The molecule has 5 heteroatoms. The molecule has 0 unspecified atom stereocenters. The summed E-state index contributed by atoms with van der Waals surface area (Å²) in [5, 5.41) is 0. The number of likely N-dealkylation sites (N-methyl/N-ethyl adjacent to an activating group) is 1. The first-order valence-electron chi connectivity index (χ1n) is 9.63. The maximum atomic E-state index is 13.0. The number of hydrogen-bond acceptors (Lipinski definition) is 4. The zero-order valence-electron chi connectivity index (χ0n) is 16.1. The van der Waals surface area contributed by atoms with Crippen LogP contribution in [0.2, 0.25) is 0 Å². The van der Waals surface area contributed by atoms with Crippen molar-refractivity contribution in [3.8, 4) is 0 Å². The lowest BCUT2D eigenvalue weighted by Crippen LogP contribution is -2.36. The van der Waals surface area contributed by atoms with E-state index in [9.17, 15) is 4.79 Å². The van der Waals surface area contributed by atoms with Crippen LogP contribution in [0.15, 0.2) is 67.1 Å². The summed E-state index contributed by atoms with van der Waals surface area (Å²) in [7, 11) is 2.04. The second kappa shape index (κ2) is 8.21. The van der Waals surface area contributed by atoms with Gasteiger partial charge in [-0.2, -0.15) is 0 Å². The van der Waals surface area contributed by atoms with Gasteiger partial charge in [0.25, 0.3) is 5.91 Å². The quantitative estimate of drug-likeness (QED) is 0.689. The molecule has 0 saturated carbocycles. The Morgan fingerprint density at radius 2 is 1.86 bits per heavy atom. The van der Waals surface area contributed by atoms with Crippen molar-refractivity contribution in [1.29, 1.82) is 0 Å². The van der Waals surface area contributed by atoms with Gasteiger partial charge in [-0.3, -0.25) is 14.8 Å². The van der Waals surface area contributed by atoms with E-state index in [2.05, 4.69) is 33.1 Å². The van der Waals surface area contributed by atoms with Gasteiger partial charge in [0.1, 0.15) is 5.69 Å².